The summed E-state index contributed by atoms with van der Waals surface area (Å²) in [4.78, 5) is 8.68. The van der Waals surface area contributed by atoms with Crippen molar-refractivity contribution in [1.29, 1.82) is 0 Å². The van der Waals surface area contributed by atoms with Gasteiger partial charge in [0.15, 0.2) is 5.82 Å². The van der Waals surface area contributed by atoms with Crippen LogP contribution in [-0.4, -0.2) is 17.1 Å². The lowest BCUT2D eigenvalue weighted by Crippen LogP contribution is -2.04. The van der Waals surface area contributed by atoms with Crippen LogP contribution in [0.4, 0.5) is 0 Å². The lowest BCUT2D eigenvalue weighted by molar-refractivity contribution is 0.177. The van der Waals surface area contributed by atoms with Crippen LogP contribution in [0.2, 0.25) is 5.15 Å². The standard InChI is InChI=1S/C15H17ClN2O/c1-10-4-6-12(7-5-10)8-13-11(2)17-14(9-19-3)18-15(13)16/h4-7H,8-9H2,1-3H3. The average molecular weight is 277 g/mol. The molecule has 0 N–H and O–H groups in total. The van der Waals surface area contributed by atoms with E-state index in [1.54, 1.807) is 7.11 Å². The molecule has 0 aliphatic rings. The minimum absolute atomic E-state index is 0.380. The number of aromatic nitrogens is 2. The van der Waals surface area contributed by atoms with Gasteiger partial charge in [-0.3, -0.25) is 0 Å². The van der Waals surface area contributed by atoms with Gasteiger partial charge in [-0.1, -0.05) is 41.4 Å². The van der Waals surface area contributed by atoms with Gasteiger partial charge >= 0.3 is 0 Å². The fraction of sp³-hybridized carbons (Fsp3) is 0.333. The molecule has 0 unspecified atom stereocenters. The molecule has 19 heavy (non-hydrogen) atoms. The smallest absolute Gasteiger partial charge is 0.155 e. The second-order valence-electron chi connectivity index (χ2n) is 4.59. The van der Waals surface area contributed by atoms with Gasteiger partial charge in [-0.25, -0.2) is 9.97 Å². The van der Waals surface area contributed by atoms with E-state index in [-0.39, 0.29) is 0 Å². The Kier molecular flexibility index (Phi) is 4.51. The summed E-state index contributed by atoms with van der Waals surface area (Å²) in [6.07, 6.45) is 0.748. The van der Waals surface area contributed by atoms with Gasteiger partial charge < -0.3 is 4.74 Å². The van der Waals surface area contributed by atoms with Crippen molar-refractivity contribution in [2.24, 2.45) is 0 Å². The zero-order valence-electron chi connectivity index (χ0n) is 11.4. The van der Waals surface area contributed by atoms with E-state index in [0.29, 0.717) is 17.6 Å². The molecule has 0 saturated heterocycles. The van der Waals surface area contributed by atoms with Crippen molar-refractivity contribution in [3.05, 3.63) is 57.6 Å². The predicted molar refractivity (Wildman–Crippen MR) is 76.5 cm³/mol. The van der Waals surface area contributed by atoms with E-state index in [0.717, 1.165) is 17.7 Å². The molecule has 2 rings (SSSR count). The summed E-state index contributed by atoms with van der Waals surface area (Å²) in [5, 5.41) is 0.514. The third-order valence-corrected chi connectivity index (χ3v) is 3.30. The Morgan fingerprint density at radius 1 is 1.11 bits per heavy atom. The Hall–Kier alpha value is -1.45. The summed E-state index contributed by atoms with van der Waals surface area (Å²) in [6.45, 7) is 4.41. The first-order valence-electron chi connectivity index (χ1n) is 6.16. The van der Waals surface area contributed by atoms with E-state index >= 15 is 0 Å². The highest BCUT2D eigenvalue weighted by atomic mass is 35.5. The first-order valence-corrected chi connectivity index (χ1v) is 6.54. The summed E-state index contributed by atoms with van der Waals surface area (Å²) in [6, 6.07) is 8.40. The van der Waals surface area contributed by atoms with Crippen molar-refractivity contribution in [2.75, 3.05) is 7.11 Å². The molecule has 0 spiro atoms. The van der Waals surface area contributed by atoms with Gasteiger partial charge in [-0.05, 0) is 19.4 Å². The van der Waals surface area contributed by atoms with E-state index < -0.39 is 0 Å². The molecule has 1 heterocycles. The topological polar surface area (TPSA) is 35.0 Å². The van der Waals surface area contributed by atoms with E-state index in [4.69, 9.17) is 16.3 Å². The number of nitrogens with zero attached hydrogens (tertiary/aromatic N) is 2. The van der Waals surface area contributed by atoms with Crippen molar-refractivity contribution < 1.29 is 4.74 Å². The first kappa shape index (κ1) is 14.0. The first-order chi connectivity index (χ1) is 9.10. The van der Waals surface area contributed by atoms with Crippen LogP contribution in [0.3, 0.4) is 0 Å². The third kappa shape index (κ3) is 3.52. The maximum absolute atomic E-state index is 6.24. The van der Waals surface area contributed by atoms with Crippen molar-refractivity contribution in [3.8, 4) is 0 Å². The molecule has 2 aromatic rings. The fourth-order valence-electron chi connectivity index (χ4n) is 1.92. The molecule has 1 aromatic carbocycles. The number of benzene rings is 1. The van der Waals surface area contributed by atoms with Crippen LogP contribution in [0, 0.1) is 13.8 Å². The molecule has 0 bridgehead atoms. The summed E-state index contributed by atoms with van der Waals surface area (Å²) in [5.74, 6) is 0.623. The van der Waals surface area contributed by atoms with E-state index in [2.05, 4.69) is 41.2 Å². The Morgan fingerprint density at radius 3 is 2.37 bits per heavy atom. The quantitative estimate of drug-likeness (QED) is 0.802. The molecule has 0 amide bonds. The number of aryl methyl sites for hydroxylation is 2. The van der Waals surface area contributed by atoms with Crippen LogP contribution >= 0.6 is 11.6 Å². The number of hydrogen-bond acceptors (Lipinski definition) is 3. The van der Waals surface area contributed by atoms with Gasteiger partial charge in [0.05, 0.1) is 0 Å². The largest absolute Gasteiger partial charge is 0.377 e. The van der Waals surface area contributed by atoms with Crippen molar-refractivity contribution in [3.63, 3.8) is 0 Å². The maximum atomic E-state index is 6.24. The Bertz CT molecular complexity index is 544. The number of halogens is 1. The molecular weight excluding hydrogens is 260 g/mol. The van der Waals surface area contributed by atoms with Crippen molar-refractivity contribution in [2.45, 2.75) is 26.9 Å². The molecule has 3 nitrogen and oxygen atoms in total. The molecule has 0 aliphatic heterocycles. The van der Waals surface area contributed by atoms with Gasteiger partial charge in [-0.15, -0.1) is 0 Å². The SMILES string of the molecule is COCc1nc(C)c(Cc2ccc(C)cc2)c(Cl)n1. The lowest BCUT2D eigenvalue weighted by Gasteiger charge is -2.09. The van der Waals surface area contributed by atoms with Crippen LogP contribution in [0.15, 0.2) is 24.3 Å². The zero-order chi connectivity index (χ0) is 13.8. The molecule has 100 valence electrons. The zero-order valence-corrected chi connectivity index (χ0v) is 12.2. The van der Waals surface area contributed by atoms with E-state index in [1.807, 2.05) is 6.92 Å². The Labute approximate surface area is 118 Å². The van der Waals surface area contributed by atoms with Crippen LogP contribution in [0.1, 0.15) is 28.2 Å². The van der Waals surface area contributed by atoms with Crippen LogP contribution in [0.5, 0.6) is 0 Å². The molecule has 0 atom stereocenters. The third-order valence-electron chi connectivity index (χ3n) is 2.98. The van der Waals surface area contributed by atoms with Gasteiger partial charge in [0, 0.05) is 24.8 Å². The number of rotatable bonds is 4. The average Bonchev–Trinajstić information content (AvgIpc) is 2.36. The highest BCUT2D eigenvalue weighted by Crippen LogP contribution is 2.20. The second-order valence-corrected chi connectivity index (χ2v) is 4.95. The summed E-state index contributed by atoms with van der Waals surface area (Å²) < 4.78 is 5.03. The van der Waals surface area contributed by atoms with Crippen molar-refractivity contribution in [1.82, 2.24) is 9.97 Å². The van der Waals surface area contributed by atoms with Gasteiger partial charge in [0.1, 0.15) is 11.8 Å². The van der Waals surface area contributed by atoms with E-state index in [1.165, 1.54) is 11.1 Å². The Morgan fingerprint density at radius 2 is 1.79 bits per heavy atom. The van der Waals surface area contributed by atoms with E-state index in [9.17, 15) is 0 Å². The fourth-order valence-corrected chi connectivity index (χ4v) is 2.22. The summed E-state index contributed by atoms with van der Waals surface area (Å²) in [5.41, 5.74) is 4.34. The monoisotopic (exact) mass is 276 g/mol. The van der Waals surface area contributed by atoms with Crippen LogP contribution in [0.25, 0.3) is 0 Å². The molecule has 0 aliphatic carbocycles. The molecule has 4 heteroatoms. The minimum Gasteiger partial charge on any atom is -0.377 e. The lowest BCUT2D eigenvalue weighted by atomic mass is 10.0. The number of methoxy groups -OCH3 is 1. The predicted octanol–water partition coefficient (Wildman–Crippen LogP) is 3.48. The highest BCUT2D eigenvalue weighted by Gasteiger charge is 2.10. The Balaban J connectivity index is 2.27. The molecular formula is C15H17ClN2O. The normalized spacial score (nSPS) is 10.7. The maximum Gasteiger partial charge on any atom is 0.155 e. The van der Waals surface area contributed by atoms with Gasteiger partial charge in [0.25, 0.3) is 0 Å². The number of hydrogen-bond donors (Lipinski definition) is 0. The van der Waals surface area contributed by atoms with Gasteiger partial charge in [0.2, 0.25) is 0 Å². The van der Waals surface area contributed by atoms with Crippen molar-refractivity contribution >= 4 is 11.6 Å². The highest BCUT2D eigenvalue weighted by molar-refractivity contribution is 6.30. The minimum atomic E-state index is 0.380. The molecule has 0 radical (unpaired) electrons. The van der Waals surface area contributed by atoms with Crippen LogP contribution < -0.4 is 0 Å². The summed E-state index contributed by atoms with van der Waals surface area (Å²) in [7, 11) is 1.62. The number of ether oxygens (including phenoxy) is 1. The molecule has 0 fully saturated rings. The molecule has 1 aromatic heterocycles. The summed E-state index contributed by atoms with van der Waals surface area (Å²) >= 11 is 6.24. The second kappa shape index (κ2) is 6.13. The van der Waals surface area contributed by atoms with Crippen LogP contribution in [-0.2, 0) is 17.8 Å². The molecule has 0 saturated carbocycles. The van der Waals surface area contributed by atoms with Gasteiger partial charge in [-0.2, -0.15) is 0 Å².